The summed E-state index contributed by atoms with van der Waals surface area (Å²) in [6.07, 6.45) is -1.53. The topological polar surface area (TPSA) is 39.2 Å². The molecule has 17 heavy (non-hydrogen) atoms. The monoisotopic (exact) mass is 419 g/mol. The van der Waals surface area contributed by atoms with E-state index in [1.807, 2.05) is 0 Å². The van der Waals surface area contributed by atoms with Crippen molar-refractivity contribution in [3.05, 3.63) is 25.5 Å². The first-order chi connectivity index (χ1) is 7.97. The average Bonchev–Trinajstić information content (AvgIpc) is 2.25. The number of hydrogen-bond donors (Lipinski definition) is 0. The number of esters is 1. The first kappa shape index (κ1) is 14.7. The highest BCUT2D eigenvalue weighted by molar-refractivity contribution is 14.1. The van der Waals surface area contributed by atoms with E-state index in [-0.39, 0.29) is 18.6 Å². The van der Waals surface area contributed by atoms with Crippen molar-refractivity contribution in [2.45, 2.75) is 19.8 Å². The van der Waals surface area contributed by atoms with Gasteiger partial charge >= 0.3 is 5.97 Å². The van der Waals surface area contributed by atoms with Crippen LogP contribution >= 0.6 is 38.5 Å². The number of alkyl halides is 2. The maximum atomic E-state index is 12.6. The summed E-state index contributed by atoms with van der Waals surface area (Å²) >= 11 is 4.96. The molecule has 1 rings (SSSR count). The van der Waals surface area contributed by atoms with Crippen molar-refractivity contribution in [2.24, 2.45) is 0 Å². The normalized spacial score (nSPS) is 10.7. The molecule has 0 saturated heterocycles. The molecule has 3 nitrogen and oxygen atoms in total. The van der Waals surface area contributed by atoms with Crippen LogP contribution in [0.5, 0.6) is 0 Å². The van der Waals surface area contributed by atoms with Gasteiger partial charge in [-0.05, 0) is 45.4 Å². The summed E-state index contributed by atoms with van der Waals surface area (Å²) in [4.78, 5) is 15.1. The van der Waals surface area contributed by atoms with Crippen molar-refractivity contribution in [2.75, 3.05) is 6.61 Å². The summed E-state index contributed by atoms with van der Waals surface area (Å²) in [5.74, 6) is -0.429. The zero-order valence-electron chi connectivity index (χ0n) is 8.84. The second-order valence-corrected chi connectivity index (χ2v) is 4.94. The van der Waals surface area contributed by atoms with Crippen molar-refractivity contribution in [1.82, 2.24) is 4.98 Å². The molecular formula is C10H9BrF2INO2. The Bertz CT molecular complexity index is 429. The lowest BCUT2D eigenvalue weighted by Crippen LogP contribution is -2.10. The van der Waals surface area contributed by atoms with Gasteiger partial charge in [0.25, 0.3) is 6.43 Å². The Balaban J connectivity index is 2.96. The lowest BCUT2D eigenvalue weighted by atomic mass is 10.2. The van der Waals surface area contributed by atoms with Gasteiger partial charge in [-0.3, -0.25) is 9.78 Å². The summed E-state index contributed by atoms with van der Waals surface area (Å²) < 4.78 is 30.7. The molecular weight excluding hydrogens is 411 g/mol. The molecule has 0 saturated carbocycles. The van der Waals surface area contributed by atoms with Gasteiger partial charge in [-0.25, -0.2) is 8.78 Å². The van der Waals surface area contributed by atoms with Gasteiger partial charge in [-0.15, -0.1) is 0 Å². The van der Waals surface area contributed by atoms with Gasteiger partial charge in [0.1, 0.15) is 0 Å². The molecule has 0 aliphatic carbocycles. The lowest BCUT2D eigenvalue weighted by molar-refractivity contribution is -0.142. The maximum absolute atomic E-state index is 12.6. The Morgan fingerprint density at radius 2 is 2.29 bits per heavy atom. The largest absolute Gasteiger partial charge is 0.466 e. The maximum Gasteiger partial charge on any atom is 0.311 e. The Morgan fingerprint density at radius 3 is 2.82 bits per heavy atom. The number of ether oxygens (including phenoxy) is 1. The standard InChI is InChI=1S/C10H9BrF2INO2/c1-2-17-7(16)3-6-8(11)9(14)5(4-15-6)10(12)13/h4,10H,2-3H2,1H3. The Morgan fingerprint density at radius 1 is 1.65 bits per heavy atom. The highest BCUT2D eigenvalue weighted by atomic mass is 127. The summed E-state index contributed by atoms with van der Waals surface area (Å²) in [5.41, 5.74) is 0.252. The minimum absolute atomic E-state index is 0.0338. The molecule has 0 N–H and O–H groups in total. The van der Waals surface area contributed by atoms with Crippen molar-refractivity contribution < 1.29 is 18.3 Å². The van der Waals surface area contributed by atoms with Gasteiger partial charge < -0.3 is 4.74 Å². The van der Waals surface area contributed by atoms with Crippen LogP contribution in [0.25, 0.3) is 0 Å². The third kappa shape index (κ3) is 3.84. The van der Waals surface area contributed by atoms with Crippen molar-refractivity contribution >= 4 is 44.5 Å². The van der Waals surface area contributed by atoms with E-state index in [1.54, 1.807) is 29.5 Å². The van der Waals surface area contributed by atoms with Gasteiger partial charge in [0.15, 0.2) is 0 Å². The molecule has 1 heterocycles. The van der Waals surface area contributed by atoms with E-state index >= 15 is 0 Å². The molecule has 7 heteroatoms. The number of carbonyl (C=O) groups is 1. The molecule has 0 fully saturated rings. The van der Waals surface area contributed by atoms with Crippen molar-refractivity contribution in [3.63, 3.8) is 0 Å². The predicted octanol–water partition coefficient (Wildman–Crippen LogP) is 3.49. The van der Waals surface area contributed by atoms with E-state index in [4.69, 9.17) is 4.74 Å². The Kier molecular flexibility index (Phi) is 5.71. The van der Waals surface area contributed by atoms with E-state index in [0.29, 0.717) is 13.7 Å². The molecule has 0 spiro atoms. The quantitative estimate of drug-likeness (QED) is 0.554. The van der Waals surface area contributed by atoms with Crippen molar-refractivity contribution in [3.8, 4) is 0 Å². The van der Waals surface area contributed by atoms with E-state index in [2.05, 4.69) is 20.9 Å². The second-order valence-electron chi connectivity index (χ2n) is 3.07. The summed E-state index contributed by atoms with van der Waals surface area (Å²) in [6, 6.07) is 0. The van der Waals surface area contributed by atoms with E-state index in [0.717, 1.165) is 6.20 Å². The third-order valence-corrected chi connectivity index (χ3v) is 4.67. The summed E-state index contributed by atoms with van der Waals surface area (Å²) in [7, 11) is 0. The fourth-order valence-corrected chi connectivity index (χ4v) is 2.30. The molecule has 0 aliphatic rings. The molecule has 0 amide bonds. The number of halogens is 4. The molecule has 1 aromatic rings. The first-order valence-corrected chi connectivity index (χ1v) is 6.61. The highest BCUT2D eigenvalue weighted by Crippen LogP contribution is 2.31. The van der Waals surface area contributed by atoms with Crippen LogP contribution in [0.15, 0.2) is 10.7 Å². The lowest BCUT2D eigenvalue weighted by Gasteiger charge is -2.09. The van der Waals surface area contributed by atoms with Crippen LogP contribution in [0.2, 0.25) is 0 Å². The minimum Gasteiger partial charge on any atom is -0.466 e. The van der Waals surface area contributed by atoms with E-state index in [1.165, 1.54) is 0 Å². The second kappa shape index (κ2) is 6.58. The van der Waals surface area contributed by atoms with Crippen LogP contribution in [-0.2, 0) is 16.0 Å². The number of hydrogen-bond acceptors (Lipinski definition) is 3. The van der Waals surface area contributed by atoms with Gasteiger partial charge in [-0.1, -0.05) is 0 Å². The van der Waals surface area contributed by atoms with Gasteiger partial charge in [-0.2, -0.15) is 0 Å². The zero-order chi connectivity index (χ0) is 13.0. The Labute approximate surface area is 119 Å². The van der Waals surface area contributed by atoms with Crippen LogP contribution in [-0.4, -0.2) is 17.6 Å². The molecule has 0 bridgehead atoms. The zero-order valence-corrected chi connectivity index (χ0v) is 12.6. The predicted molar refractivity (Wildman–Crippen MR) is 69.9 cm³/mol. The smallest absolute Gasteiger partial charge is 0.311 e. The van der Waals surface area contributed by atoms with Crippen LogP contribution in [0.1, 0.15) is 24.6 Å². The number of aromatic nitrogens is 1. The van der Waals surface area contributed by atoms with Crippen LogP contribution in [0, 0.1) is 3.57 Å². The number of pyridine rings is 1. The molecule has 0 unspecified atom stereocenters. The fraction of sp³-hybridized carbons (Fsp3) is 0.400. The third-order valence-electron chi connectivity index (χ3n) is 1.91. The van der Waals surface area contributed by atoms with Gasteiger partial charge in [0.05, 0.1) is 28.8 Å². The summed E-state index contributed by atoms with van der Waals surface area (Å²) in [5, 5.41) is 0. The molecule has 0 radical (unpaired) electrons. The minimum atomic E-state index is -2.58. The number of nitrogens with zero attached hydrogens (tertiary/aromatic N) is 1. The molecule has 0 aliphatic heterocycles. The first-order valence-electron chi connectivity index (χ1n) is 4.73. The summed E-state index contributed by atoms with van der Waals surface area (Å²) in [6.45, 7) is 1.98. The Hall–Kier alpha value is -0.310. The van der Waals surface area contributed by atoms with Gasteiger partial charge in [0.2, 0.25) is 0 Å². The van der Waals surface area contributed by atoms with E-state index < -0.39 is 12.4 Å². The highest BCUT2D eigenvalue weighted by Gasteiger charge is 2.18. The van der Waals surface area contributed by atoms with Crippen LogP contribution < -0.4 is 0 Å². The van der Waals surface area contributed by atoms with Crippen molar-refractivity contribution in [1.29, 1.82) is 0 Å². The van der Waals surface area contributed by atoms with Gasteiger partial charge in [0, 0.05) is 9.77 Å². The van der Waals surface area contributed by atoms with Crippen LogP contribution in [0.4, 0.5) is 8.78 Å². The number of rotatable bonds is 4. The molecule has 0 aromatic carbocycles. The van der Waals surface area contributed by atoms with E-state index in [9.17, 15) is 13.6 Å². The number of carbonyl (C=O) groups excluding carboxylic acids is 1. The average molecular weight is 420 g/mol. The molecule has 0 atom stereocenters. The SMILES string of the molecule is CCOC(=O)Cc1ncc(C(F)F)c(I)c1Br. The van der Waals surface area contributed by atoms with Crippen LogP contribution in [0.3, 0.4) is 0 Å². The fourth-order valence-electron chi connectivity index (χ4n) is 1.14. The molecule has 94 valence electrons. The molecule has 1 aromatic heterocycles.